The number of aliphatic imine (C=N–C) groups is 1. The third kappa shape index (κ3) is 5.52. The Labute approximate surface area is 181 Å². The van der Waals surface area contributed by atoms with Gasteiger partial charge in [0.25, 0.3) is 0 Å². The number of likely N-dealkylation sites (tertiary alicyclic amines) is 1. The summed E-state index contributed by atoms with van der Waals surface area (Å²) in [6, 6.07) is 10.8. The van der Waals surface area contributed by atoms with E-state index >= 15 is 0 Å². The third-order valence-corrected chi connectivity index (χ3v) is 6.41. The highest BCUT2D eigenvalue weighted by molar-refractivity contribution is 5.82. The minimum absolute atomic E-state index is 0.0311. The van der Waals surface area contributed by atoms with Crippen LogP contribution < -0.4 is 5.32 Å². The predicted molar refractivity (Wildman–Crippen MR) is 123 cm³/mol. The van der Waals surface area contributed by atoms with Gasteiger partial charge in [-0.15, -0.1) is 0 Å². The highest BCUT2D eigenvalue weighted by atomic mass is 16.2. The van der Waals surface area contributed by atoms with Gasteiger partial charge in [0.05, 0.1) is 12.1 Å². The number of benzene rings is 1. The first kappa shape index (κ1) is 22.6. The number of hydrogen-bond donors (Lipinski definition) is 1. The number of carbonyl (C=O) groups excluding carboxylic acids is 1. The van der Waals surface area contributed by atoms with Crippen molar-refractivity contribution in [3.05, 3.63) is 35.9 Å². The number of nitrogens with one attached hydrogen (secondary N) is 1. The minimum atomic E-state index is -0.0311. The van der Waals surface area contributed by atoms with E-state index in [9.17, 15) is 4.79 Å². The summed E-state index contributed by atoms with van der Waals surface area (Å²) >= 11 is 0. The van der Waals surface area contributed by atoms with Gasteiger partial charge in [0, 0.05) is 52.9 Å². The lowest BCUT2D eigenvalue weighted by Gasteiger charge is -2.40. The van der Waals surface area contributed by atoms with E-state index in [1.165, 1.54) is 5.56 Å². The van der Waals surface area contributed by atoms with Gasteiger partial charge in [-0.1, -0.05) is 30.3 Å². The fourth-order valence-corrected chi connectivity index (χ4v) is 4.47. The zero-order valence-electron chi connectivity index (χ0n) is 19.0. The van der Waals surface area contributed by atoms with Gasteiger partial charge in [0.15, 0.2) is 5.96 Å². The number of guanidine groups is 1. The second-order valence-corrected chi connectivity index (χ2v) is 8.55. The fraction of sp³-hybridized carbons (Fsp3) is 0.652. The van der Waals surface area contributed by atoms with Gasteiger partial charge >= 0.3 is 0 Å². The second kappa shape index (κ2) is 10.8. The van der Waals surface area contributed by atoms with Crippen molar-refractivity contribution >= 4 is 11.9 Å². The molecule has 3 rings (SSSR count). The van der Waals surface area contributed by atoms with Crippen LogP contribution in [0.5, 0.6) is 0 Å². The molecule has 0 aromatic heterocycles. The molecule has 7 heteroatoms. The molecule has 1 N–H and O–H groups in total. The molecule has 30 heavy (non-hydrogen) atoms. The van der Waals surface area contributed by atoms with Crippen LogP contribution in [0.1, 0.15) is 31.4 Å². The fourth-order valence-electron chi connectivity index (χ4n) is 4.47. The van der Waals surface area contributed by atoms with E-state index < -0.39 is 0 Å². The van der Waals surface area contributed by atoms with Crippen molar-refractivity contribution < 1.29 is 4.79 Å². The topological polar surface area (TPSA) is 54.4 Å². The van der Waals surface area contributed by atoms with Gasteiger partial charge in [-0.25, -0.2) is 0 Å². The maximum absolute atomic E-state index is 12.7. The van der Waals surface area contributed by atoms with Crippen LogP contribution in [-0.4, -0.2) is 104 Å². The molecule has 1 amide bonds. The van der Waals surface area contributed by atoms with E-state index in [4.69, 9.17) is 0 Å². The lowest BCUT2D eigenvalue weighted by atomic mass is 10.1. The molecule has 0 saturated carbocycles. The SMILES string of the molecule is CN=C(NCC(c1ccccc1)N(C)C)N1CCN(C(C)C(=O)N2CCCC2)CC1. The standard InChI is InChI=1S/C23H38N6O/c1-19(22(30)28-12-8-9-13-28)27-14-16-29(17-15-27)23(24-2)25-18-21(26(3)4)20-10-6-5-7-11-20/h5-7,10-11,19,21H,8-9,12-18H2,1-4H3,(H,24,25). The summed E-state index contributed by atoms with van der Waals surface area (Å²) in [4.78, 5) is 26.1. The van der Waals surface area contributed by atoms with Crippen LogP contribution >= 0.6 is 0 Å². The molecule has 2 atom stereocenters. The number of piperazine rings is 1. The van der Waals surface area contributed by atoms with E-state index in [1.54, 1.807) is 0 Å². The van der Waals surface area contributed by atoms with E-state index in [1.807, 2.05) is 11.9 Å². The normalized spacial score (nSPS) is 20.5. The molecule has 0 aliphatic carbocycles. The van der Waals surface area contributed by atoms with Crippen LogP contribution in [0.25, 0.3) is 0 Å². The Bertz CT molecular complexity index is 693. The van der Waals surface area contributed by atoms with Gasteiger partial charge in [-0.3, -0.25) is 14.7 Å². The van der Waals surface area contributed by atoms with Gasteiger partial charge in [-0.05, 0) is 39.4 Å². The summed E-state index contributed by atoms with van der Waals surface area (Å²) in [6.07, 6.45) is 2.29. The maximum atomic E-state index is 12.7. The molecule has 2 heterocycles. The zero-order chi connectivity index (χ0) is 21.5. The molecule has 0 spiro atoms. The molecule has 1 aromatic carbocycles. The Morgan fingerprint density at radius 2 is 1.67 bits per heavy atom. The first-order chi connectivity index (χ1) is 14.5. The lowest BCUT2D eigenvalue weighted by molar-refractivity contribution is -0.135. The predicted octanol–water partition coefficient (Wildman–Crippen LogP) is 1.49. The van der Waals surface area contributed by atoms with Crippen molar-refractivity contribution in [2.45, 2.75) is 31.8 Å². The quantitative estimate of drug-likeness (QED) is 0.565. The Kier molecular flexibility index (Phi) is 8.10. The number of likely N-dealkylation sites (N-methyl/N-ethyl adjacent to an activating group) is 1. The van der Waals surface area contributed by atoms with Crippen LogP contribution in [-0.2, 0) is 4.79 Å². The number of nitrogens with zero attached hydrogens (tertiary/aromatic N) is 5. The van der Waals surface area contributed by atoms with Crippen molar-refractivity contribution in [2.24, 2.45) is 4.99 Å². The minimum Gasteiger partial charge on any atom is -0.354 e. The lowest BCUT2D eigenvalue weighted by Crippen LogP contribution is -2.57. The van der Waals surface area contributed by atoms with Crippen LogP contribution in [0.3, 0.4) is 0 Å². The van der Waals surface area contributed by atoms with E-state index in [0.29, 0.717) is 5.91 Å². The van der Waals surface area contributed by atoms with Crippen LogP contribution in [0.15, 0.2) is 35.3 Å². The molecule has 0 radical (unpaired) electrons. The molecule has 1 aromatic rings. The number of carbonyl (C=O) groups is 1. The van der Waals surface area contributed by atoms with Crippen molar-refractivity contribution in [1.29, 1.82) is 0 Å². The Balaban J connectivity index is 1.51. The maximum Gasteiger partial charge on any atom is 0.239 e. The Morgan fingerprint density at radius 3 is 2.23 bits per heavy atom. The van der Waals surface area contributed by atoms with Crippen molar-refractivity contribution in [3.8, 4) is 0 Å². The van der Waals surface area contributed by atoms with Gasteiger partial charge in [0.2, 0.25) is 5.91 Å². The number of amides is 1. The molecule has 2 unspecified atom stereocenters. The molecule has 7 nitrogen and oxygen atoms in total. The van der Waals surface area contributed by atoms with Crippen molar-refractivity contribution in [3.63, 3.8) is 0 Å². The van der Waals surface area contributed by atoms with Gasteiger partial charge in [-0.2, -0.15) is 0 Å². The molecule has 2 saturated heterocycles. The first-order valence-electron chi connectivity index (χ1n) is 11.2. The van der Waals surface area contributed by atoms with E-state index in [0.717, 1.165) is 64.6 Å². The zero-order valence-corrected chi connectivity index (χ0v) is 19.0. The summed E-state index contributed by atoms with van der Waals surface area (Å²) < 4.78 is 0. The van der Waals surface area contributed by atoms with Crippen LogP contribution in [0.4, 0.5) is 0 Å². The van der Waals surface area contributed by atoms with Crippen LogP contribution in [0, 0.1) is 0 Å². The van der Waals surface area contributed by atoms with E-state index in [2.05, 4.69) is 76.4 Å². The number of hydrogen-bond acceptors (Lipinski definition) is 4. The first-order valence-corrected chi connectivity index (χ1v) is 11.2. The second-order valence-electron chi connectivity index (χ2n) is 8.55. The molecule has 2 fully saturated rings. The Morgan fingerprint density at radius 1 is 1.03 bits per heavy atom. The summed E-state index contributed by atoms with van der Waals surface area (Å²) in [5, 5.41) is 3.57. The molecule has 2 aliphatic heterocycles. The molecule has 166 valence electrons. The highest BCUT2D eigenvalue weighted by Gasteiger charge is 2.30. The average molecular weight is 415 g/mol. The van der Waals surface area contributed by atoms with Crippen LogP contribution in [0.2, 0.25) is 0 Å². The van der Waals surface area contributed by atoms with Crippen molar-refractivity contribution in [2.75, 3.05) is 67.0 Å². The molecular formula is C23H38N6O. The van der Waals surface area contributed by atoms with Gasteiger partial charge in [0.1, 0.15) is 0 Å². The molecule has 2 aliphatic rings. The smallest absolute Gasteiger partial charge is 0.239 e. The summed E-state index contributed by atoms with van der Waals surface area (Å²) in [5.41, 5.74) is 1.30. The Hall–Kier alpha value is -2.12. The summed E-state index contributed by atoms with van der Waals surface area (Å²) in [6.45, 7) is 8.25. The number of rotatable bonds is 6. The highest BCUT2D eigenvalue weighted by Crippen LogP contribution is 2.17. The van der Waals surface area contributed by atoms with Crippen molar-refractivity contribution in [1.82, 2.24) is 24.9 Å². The molecular weight excluding hydrogens is 376 g/mol. The third-order valence-electron chi connectivity index (χ3n) is 6.41. The largest absolute Gasteiger partial charge is 0.354 e. The monoisotopic (exact) mass is 414 g/mol. The van der Waals surface area contributed by atoms with E-state index in [-0.39, 0.29) is 12.1 Å². The average Bonchev–Trinajstić information content (AvgIpc) is 3.31. The summed E-state index contributed by atoms with van der Waals surface area (Å²) in [7, 11) is 6.07. The summed E-state index contributed by atoms with van der Waals surface area (Å²) in [5.74, 6) is 1.23. The van der Waals surface area contributed by atoms with Gasteiger partial charge < -0.3 is 20.0 Å². The molecule has 0 bridgehead atoms.